The van der Waals surface area contributed by atoms with E-state index in [4.69, 9.17) is 5.26 Å². The average Bonchev–Trinajstić information content (AvgIpc) is 3.07. The van der Waals surface area contributed by atoms with Crippen LogP contribution in [0.5, 0.6) is 0 Å². The van der Waals surface area contributed by atoms with Crippen LogP contribution in [0.3, 0.4) is 0 Å². The van der Waals surface area contributed by atoms with E-state index in [2.05, 4.69) is 10.2 Å². The van der Waals surface area contributed by atoms with Crippen LogP contribution in [-0.4, -0.2) is 32.8 Å². The second-order valence-electron chi connectivity index (χ2n) is 6.71. The lowest BCUT2D eigenvalue weighted by Crippen LogP contribution is -2.33. The van der Waals surface area contributed by atoms with E-state index in [1.807, 2.05) is 38.1 Å². The molecule has 10 heteroatoms. The van der Waals surface area contributed by atoms with E-state index < -0.39 is 11.7 Å². The van der Waals surface area contributed by atoms with E-state index in [-0.39, 0.29) is 35.4 Å². The first-order chi connectivity index (χ1) is 14.2. The van der Waals surface area contributed by atoms with Gasteiger partial charge in [0.2, 0.25) is 5.91 Å². The number of alkyl halides is 3. The van der Waals surface area contributed by atoms with E-state index >= 15 is 0 Å². The molecule has 0 radical (unpaired) electrons. The number of amides is 1. The molecule has 0 spiro atoms. The van der Waals surface area contributed by atoms with Gasteiger partial charge in [0.25, 0.3) is 0 Å². The van der Waals surface area contributed by atoms with Crippen molar-refractivity contribution in [1.82, 2.24) is 14.6 Å². The van der Waals surface area contributed by atoms with Crippen molar-refractivity contribution in [3.05, 3.63) is 53.2 Å². The van der Waals surface area contributed by atoms with Gasteiger partial charge in [-0.3, -0.25) is 9.20 Å². The number of halogens is 3. The summed E-state index contributed by atoms with van der Waals surface area (Å²) < 4.78 is 40.2. The molecule has 0 saturated heterocycles. The van der Waals surface area contributed by atoms with Gasteiger partial charge in [-0.15, -0.1) is 10.2 Å². The average molecular weight is 433 g/mol. The van der Waals surface area contributed by atoms with Crippen molar-refractivity contribution in [1.29, 1.82) is 5.26 Å². The first-order valence-corrected chi connectivity index (χ1v) is 9.98. The van der Waals surface area contributed by atoms with E-state index in [0.29, 0.717) is 5.69 Å². The highest BCUT2D eigenvalue weighted by Crippen LogP contribution is 2.30. The van der Waals surface area contributed by atoms with Crippen molar-refractivity contribution in [2.24, 2.45) is 0 Å². The van der Waals surface area contributed by atoms with Crippen LogP contribution in [0.4, 0.5) is 18.9 Å². The van der Waals surface area contributed by atoms with Crippen LogP contribution in [0.2, 0.25) is 0 Å². The zero-order valence-electron chi connectivity index (χ0n) is 16.3. The molecule has 0 bridgehead atoms. The van der Waals surface area contributed by atoms with Gasteiger partial charge in [-0.05, 0) is 49.2 Å². The first kappa shape index (κ1) is 21.6. The van der Waals surface area contributed by atoms with Crippen LogP contribution in [0.1, 0.15) is 23.1 Å². The summed E-state index contributed by atoms with van der Waals surface area (Å²) in [5, 5.41) is 16.9. The summed E-state index contributed by atoms with van der Waals surface area (Å²) in [4.78, 5) is 14.4. The molecule has 2 aromatic heterocycles. The fraction of sp³-hybridized carbons (Fsp3) is 0.300. The number of benzene rings is 1. The summed E-state index contributed by atoms with van der Waals surface area (Å²) >= 11 is 0.997. The summed E-state index contributed by atoms with van der Waals surface area (Å²) in [5.41, 5.74) is 2.08. The summed E-state index contributed by atoms with van der Waals surface area (Å²) in [5.74, 6) is -0.334. The molecule has 1 aromatic carbocycles. The SMILES string of the molecule is Cc1cc(C)cc(N(CCC#N)C(=O)CSc2nnc3ccc(C(F)(F)F)cn23)c1. The van der Waals surface area contributed by atoms with Crippen molar-refractivity contribution in [2.75, 3.05) is 17.2 Å². The van der Waals surface area contributed by atoms with E-state index in [1.54, 1.807) is 0 Å². The van der Waals surface area contributed by atoms with Crippen molar-refractivity contribution < 1.29 is 18.0 Å². The minimum atomic E-state index is -4.49. The summed E-state index contributed by atoms with van der Waals surface area (Å²) in [6, 6.07) is 9.89. The Bertz CT molecular complexity index is 1100. The third kappa shape index (κ3) is 4.91. The summed E-state index contributed by atoms with van der Waals surface area (Å²) in [6.45, 7) is 4.05. The number of carbonyl (C=O) groups is 1. The van der Waals surface area contributed by atoms with Gasteiger partial charge in [0.15, 0.2) is 10.8 Å². The molecule has 156 valence electrons. The molecule has 0 aliphatic carbocycles. The molecular formula is C20H18F3N5OS. The molecule has 0 aliphatic rings. The van der Waals surface area contributed by atoms with Crippen LogP contribution in [0, 0.1) is 25.2 Å². The van der Waals surface area contributed by atoms with Crippen LogP contribution in [-0.2, 0) is 11.0 Å². The van der Waals surface area contributed by atoms with Crippen molar-refractivity contribution in [3.8, 4) is 6.07 Å². The van der Waals surface area contributed by atoms with E-state index in [1.165, 1.54) is 15.4 Å². The Hall–Kier alpha value is -3.06. The number of nitrogens with zero attached hydrogens (tertiary/aromatic N) is 5. The quantitative estimate of drug-likeness (QED) is 0.539. The predicted octanol–water partition coefficient (Wildman–Crippen LogP) is 4.40. The molecular weight excluding hydrogens is 415 g/mol. The third-order valence-electron chi connectivity index (χ3n) is 4.29. The summed E-state index contributed by atoms with van der Waals surface area (Å²) in [6.07, 6.45) is -3.42. The van der Waals surface area contributed by atoms with Crippen LogP contribution >= 0.6 is 11.8 Å². The largest absolute Gasteiger partial charge is 0.417 e. The molecule has 0 fully saturated rings. The molecule has 30 heavy (non-hydrogen) atoms. The summed E-state index contributed by atoms with van der Waals surface area (Å²) in [7, 11) is 0. The molecule has 3 aromatic rings. The predicted molar refractivity (Wildman–Crippen MR) is 107 cm³/mol. The fourth-order valence-electron chi connectivity index (χ4n) is 3.01. The minimum absolute atomic E-state index is 0.0601. The lowest BCUT2D eigenvalue weighted by atomic mass is 10.1. The minimum Gasteiger partial charge on any atom is -0.311 e. The molecule has 0 N–H and O–H groups in total. The number of nitriles is 1. The molecule has 0 atom stereocenters. The Balaban J connectivity index is 1.82. The molecule has 0 unspecified atom stereocenters. The topological polar surface area (TPSA) is 74.3 Å². The smallest absolute Gasteiger partial charge is 0.311 e. The van der Waals surface area contributed by atoms with Gasteiger partial charge in [-0.2, -0.15) is 18.4 Å². The number of aryl methyl sites for hydroxylation is 2. The standard InChI is InChI=1S/C20H18F3N5OS/c1-13-8-14(2)10-16(9-13)27(7-3-6-24)18(29)12-30-19-26-25-17-5-4-15(11-28(17)19)20(21,22)23/h4-5,8-11H,3,7,12H2,1-2H3. The second kappa shape index (κ2) is 8.75. The van der Waals surface area contributed by atoms with Gasteiger partial charge < -0.3 is 4.90 Å². The van der Waals surface area contributed by atoms with Crippen LogP contribution in [0.15, 0.2) is 41.7 Å². The maximum Gasteiger partial charge on any atom is 0.417 e. The van der Waals surface area contributed by atoms with Crippen LogP contribution < -0.4 is 4.90 Å². The van der Waals surface area contributed by atoms with Crippen molar-refractivity contribution in [2.45, 2.75) is 31.6 Å². The lowest BCUT2D eigenvalue weighted by Gasteiger charge is -2.22. The number of hydrogen-bond acceptors (Lipinski definition) is 5. The number of carbonyl (C=O) groups excluding carboxylic acids is 1. The zero-order valence-corrected chi connectivity index (χ0v) is 17.1. The Kier molecular flexibility index (Phi) is 6.31. The van der Waals surface area contributed by atoms with Gasteiger partial charge in [0.1, 0.15) is 0 Å². The highest BCUT2D eigenvalue weighted by molar-refractivity contribution is 7.99. The Morgan fingerprint density at radius 2 is 1.90 bits per heavy atom. The van der Waals surface area contributed by atoms with Gasteiger partial charge in [-0.25, -0.2) is 0 Å². The number of fused-ring (bicyclic) bond motifs is 1. The zero-order chi connectivity index (χ0) is 21.9. The third-order valence-corrected chi connectivity index (χ3v) is 5.22. The first-order valence-electron chi connectivity index (χ1n) is 8.99. The van der Waals surface area contributed by atoms with Crippen LogP contribution in [0.25, 0.3) is 5.65 Å². The van der Waals surface area contributed by atoms with Crippen molar-refractivity contribution in [3.63, 3.8) is 0 Å². The molecule has 1 amide bonds. The number of anilines is 1. The number of pyridine rings is 1. The van der Waals surface area contributed by atoms with Crippen molar-refractivity contribution >= 4 is 29.0 Å². The van der Waals surface area contributed by atoms with E-state index in [0.717, 1.165) is 35.2 Å². The number of aromatic nitrogens is 3. The highest BCUT2D eigenvalue weighted by Gasteiger charge is 2.31. The maximum atomic E-state index is 13.0. The lowest BCUT2D eigenvalue weighted by molar-refractivity contribution is -0.137. The molecule has 3 rings (SSSR count). The molecule has 0 saturated carbocycles. The molecule has 6 nitrogen and oxygen atoms in total. The van der Waals surface area contributed by atoms with Gasteiger partial charge >= 0.3 is 6.18 Å². The second-order valence-corrected chi connectivity index (χ2v) is 7.66. The monoisotopic (exact) mass is 433 g/mol. The number of hydrogen-bond donors (Lipinski definition) is 0. The van der Waals surface area contributed by atoms with Gasteiger partial charge in [-0.1, -0.05) is 17.8 Å². The molecule has 0 aliphatic heterocycles. The van der Waals surface area contributed by atoms with Gasteiger partial charge in [0, 0.05) is 18.4 Å². The Morgan fingerprint density at radius 1 is 1.20 bits per heavy atom. The normalized spacial score (nSPS) is 11.5. The Morgan fingerprint density at radius 3 is 2.53 bits per heavy atom. The maximum absolute atomic E-state index is 13.0. The number of rotatable bonds is 6. The fourth-order valence-corrected chi connectivity index (χ4v) is 3.80. The molecule has 2 heterocycles. The highest BCUT2D eigenvalue weighted by atomic mass is 32.2. The van der Waals surface area contributed by atoms with Gasteiger partial charge in [0.05, 0.1) is 23.8 Å². The van der Waals surface area contributed by atoms with E-state index in [9.17, 15) is 18.0 Å². The number of thioether (sulfide) groups is 1. The Labute approximate surface area is 175 Å².